The fourth-order valence-corrected chi connectivity index (χ4v) is 2.88. The van der Waals surface area contributed by atoms with Crippen LogP contribution in [0, 0.1) is 0 Å². The van der Waals surface area contributed by atoms with E-state index < -0.39 is 18.2 Å². The van der Waals surface area contributed by atoms with Crippen LogP contribution in [-0.2, 0) is 13.0 Å². The van der Waals surface area contributed by atoms with Crippen molar-refractivity contribution in [2.24, 2.45) is 0 Å². The molecule has 1 amide bonds. The highest BCUT2D eigenvalue weighted by atomic mass is 35.5. The average Bonchev–Trinajstić information content (AvgIpc) is 2.58. The van der Waals surface area contributed by atoms with Gasteiger partial charge in [-0.2, -0.15) is 0 Å². The van der Waals surface area contributed by atoms with E-state index in [0.717, 1.165) is 11.1 Å². The molecule has 2 rings (SSSR count). The van der Waals surface area contributed by atoms with Crippen LogP contribution in [0.2, 0.25) is 10.0 Å². The van der Waals surface area contributed by atoms with Crippen molar-refractivity contribution in [3.63, 3.8) is 0 Å². The third-order valence-electron chi connectivity index (χ3n) is 3.77. The van der Waals surface area contributed by atoms with E-state index in [0.29, 0.717) is 23.0 Å². The van der Waals surface area contributed by atoms with Crippen molar-refractivity contribution in [2.75, 3.05) is 6.54 Å². The number of carbonyl (C=O) groups is 1. The summed E-state index contributed by atoms with van der Waals surface area (Å²) in [6.07, 6.45) is -1.67. The summed E-state index contributed by atoms with van der Waals surface area (Å²) in [5.41, 5.74) is 1.75. The Morgan fingerprint density at radius 3 is 2.48 bits per heavy atom. The first-order chi connectivity index (χ1) is 12.0. The van der Waals surface area contributed by atoms with E-state index in [2.05, 4.69) is 10.6 Å². The van der Waals surface area contributed by atoms with E-state index >= 15 is 0 Å². The minimum Gasteiger partial charge on any atom is -0.465 e. The Kier molecular flexibility index (Phi) is 7.52. The van der Waals surface area contributed by atoms with Crippen molar-refractivity contribution in [2.45, 2.75) is 25.1 Å². The summed E-state index contributed by atoms with van der Waals surface area (Å²) >= 11 is 12.1. The summed E-state index contributed by atoms with van der Waals surface area (Å²) in [6, 6.07) is 14.1. The van der Waals surface area contributed by atoms with E-state index in [1.54, 1.807) is 12.1 Å². The largest absolute Gasteiger partial charge is 0.465 e. The molecule has 5 nitrogen and oxygen atoms in total. The van der Waals surface area contributed by atoms with Crippen LogP contribution < -0.4 is 10.6 Å². The number of hydrogen-bond acceptors (Lipinski definition) is 3. The summed E-state index contributed by atoms with van der Waals surface area (Å²) in [5, 5.41) is 25.8. The average molecular weight is 383 g/mol. The highest BCUT2D eigenvalue weighted by molar-refractivity contribution is 6.42. The predicted octanol–water partition coefficient (Wildman–Crippen LogP) is 3.32. The van der Waals surface area contributed by atoms with Gasteiger partial charge in [0, 0.05) is 13.1 Å². The first-order valence-corrected chi connectivity index (χ1v) is 8.58. The highest BCUT2D eigenvalue weighted by Crippen LogP contribution is 2.25. The van der Waals surface area contributed by atoms with Crippen LogP contribution >= 0.6 is 23.2 Å². The molecule has 0 aliphatic carbocycles. The first-order valence-electron chi connectivity index (χ1n) is 7.82. The molecule has 134 valence electrons. The summed E-state index contributed by atoms with van der Waals surface area (Å²) in [4.78, 5) is 11.0. The lowest BCUT2D eigenvalue weighted by molar-refractivity contribution is 0.117. The van der Waals surface area contributed by atoms with Gasteiger partial charge in [-0.3, -0.25) is 0 Å². The Bertz CT molecular complexity index is 698. The molecule has 0 unspecified atom stereocenters. The minimum absolute atomic E-state index is 0.209. The van der Waals surface area contributed by atoms with Crippen molar-refractivity contribution in [1.29, 1.82) is 0 Å². The Labute approximate surface area is 156 Å². The molecule has 0 fully saturated rings. The molecule has 0 aromatic heterocycles. The molecule has 0 aliphatic rings. The van der Waals surface area contributed by atoms with Gasteiger partial charge in [0.05, 0.1) is 22.2 Å². The molecule has 0 bridgehead atoms. The van der Waals surface area contributed by atoms with Crippen molar-refractivity contribution in [3.8, 4) is 0 Å². The molecule has 0 aliphatic heterocycles. The first kappa shape index (κ1) is 19.5. The second-order valence-corrected chi connectivity index (χ2v) is 6.44. The highest BCUT2D eigenvalue weighted by Gasteiger charge is 2.21. The molecule has 2 atom stereocenters. The van der Waals surface area contributed by atoms with Gasteiger partial charge in [-0.1, -0.05) is 65.7 Å². The monoisotopic (exact) mass is 382 g/mol. The number of nitrogens with one attached hydrogen (secondary N) is 2. The van der Waals surface area contributed by atoms with E-state index in [9.17, 15) is 9.90 Å². The van der Waals surface area contributed by atoms with Gasteiger partial charge in [0.2, 0.25) is 0 Å². The number of aliphatic hydroxyl groups excluding tert-OH is 1. The second kappa shape index (κ2) is 9.63. The maximum absolute atomic E-state index is 11.0. The van der Waals surface area contributed by atoms with Crippen LogP contribution in [0.3, 0.4) is 0 Å². The number of benzene rings is 2. The Balaban J connectivity index is 1.93. The zero-order valence-corrected chi connectivity index (χ0v) is 15.0. The van der Waals surface area contributed by atoms with Crippen LogP contribution in [0.15, 0.2) is 48.5 Å². The maximum Gasteiger partial charge on any atom is 0.404 e. The van der Waals surface area contributed by atoms with Crippen LogP contribution in [0.4, 0.5) is 4.79 Å². The lowest BCUT2D eigenvalue weighted by Crippen LogP contribution is -2.48. The molecular weight excluding hydrogens is 363 g/mol. The van der Waals surface area contributed by atoms with Gasteiger partial charge in [-0.25, -0.2) is 4.79 Å². The molecule has 4 N–H and O–H groups in total. The standard InChI is InChI=1S/C18H20Cl2N2O3/c19-14-8-4-7-13(17(14)20)10-21-11-16(23)15(22-18(24)25)9-12-5-2-1-3-6-12/h1-8,15-16,21-23H,9-11H2,(H,24,25)/t15-,16+/m0/s1. The topological polar surface area (TPSA) is 81.6 Å². The molecule has 0 saturated carbocycles. The van der Waals surface area contributed by atoms with Crippen molar-refractivity contribution in [1.82, 2.24) is 10.6 Å². The molecule has 7 heteroatoms. The van der Waals surface area contributed by atoms with Crippen LogP contribution in [0.5, 0.6) is 0 Å². The van der Waals surface area contributed by atoms with Crippen molar-refractivity contribution in [3.05, 3.63) is 69.7 Å². The number of halogens is 2. The van der Waals surface area contributed by atoms with Crippen molar-refractivity contribution < 1.29 is 15.0 Å². The maximum atomic E-state index is 11.0. The predicted molar refractivity (Wildman–Crippen MR) is 99.3 cm³/mol. The van der Waals surface area contributed by atoms with E-state index in [1.807, 2.05) is 36.4 Å². The molecule has 0 saturated heterocycles. The summed E-state index contributed by atoms with van der Waals surface area (Å²) in [6.45, 7) is 0.627. The quantitative estimate of drug-likeness (QED) is 0.564. The van der Waals surface area contributed by atoms with E-state index in [-0.39, 0.29) is 6.54 Å². The molecule has 25 heavy (non-hydrogen) atoms. The minimum atomic E-state index is -1.17. The lowest BCUT2D eigenvalue weighted by Gasteiger charge is -2.23. The molecule has 2 aromatic carbocycles. The smallest absolute Gasteiger partial charge is 0.404 e. The number of hydrogen-bond donors (Lipinski definition) is 4. The third kappa shape index (κ3) is 6.21. The normalized spacial score (nSPS) is 13.2. The molecule has 0 radical (unpaired) electrons. The summed E-state index contributed by atoms with van der Waals surface area (Å²) in [5.74, 6) is 0. The van der Waals surface area contributed by atoms with E-state index in [1.165, 1.54) is 0 Å². The Hall–Kier alpha value is -1.79. The number of rotatable bonds is 8. The SMILES string of the molecule is O=C(O)N[C@@H](Cc1ccccc1)[C@H](O)CNCc1cccc(Cl)c1Cl. The van der Waals surface area contributed by atoms with Gasteiger partial charge >= 0.3 is 6.09 Å². The molecular formula is C18H20Cl2N2O3. The number of carboxylic acid groups (broad SMARTS) is 1. The summed E-state index contributed by atoms with van der Waals surface area (Å²) < 4.78 is 0. The lowest BCUT2D eigenvalue weighted by atomic mass is 10.0. The van der Waals surface area contributed by atoms with Crippen LogP contribution in [-0.4, -0.2) is 35.0 Å². The van der Waals surface area contributed by atoms with Crippen molar-refractivity contribution >= 4 is 29.3 Å². The molecule has 0 heterocycles. The zero-order valence-electron chi connectivity index (χ0n) is 13.5. The van der Waals surface area contributed by atoms with Crippen LogP contribution in [0.25, 0.3) is 0 Å². The Morgan fingerprint density at radius 2 is 1.80 bits per heavy atom. The van der Waals surface area contributed by atoms with Gasteiger partial charge in [0.1, 0.15) is 0 Å². The Morgan fingerprint density at radius 1 is 1.08 bits per heavy atom. The van der Waals surface area contributed by atoms with Crippen LogP contribution in [0.1, 0.15) is 11.1 Å². The number of aliphatic hydroxyl groups is 1. The molecule has 0 spiro atoms. The van der Waals surface area contributed by atoms with Gasteiger partial charge in [-0.05, 0) is 23.6 Å². The third-order valence-corrected chi connectivity index (χ3v) is 4.63. The summed E-state index contributed by atoms with van der Waals surface area (Å²) in [7, 11) is 0. The molecule has 2 aromatic rings. The van der Waals surface area contributed by atoms with Gasteiger partial charge in [-0.15, -0.1) is 0 Å². The fourth-order valence-electron chi connectivity index (χ4n) is 2.49. The van der Waals surface area contributed by atoms with Gasteiger partial charge in [0.15, 0.2) is 0 Å². The van der Waals surface area contributed by atoms with E-state index in [4.69, 9.17) is 28.3 Å². The van der Waals surface area contributed by atoms with Gasteiger partial charge in [0.25, 0.3) is 0 Å². The van der Waals surface area contributed by atoms with Gasteiger partial charge < -0.3 is 20.8 Å². The second-order valence-electron chi connectivity index (χ2n) is 5.66. The fraction of sp³-hybridized carbons (Fsp3) is 0.278. The number of amides is 1. The zero-order chi connectivity index (χ0) is 18.2.